The lowest BCUT2D eigenvalue weighted by atomic mass is 9.79. The van der Waals surface area contributed by atoms with E-state index >= 15 is 0 Å². The largest absolute Gasteiger partial charge is 0.197 e. The minimum Gasteiger partial charge on any atom is -0.197 e. The van der Waals surface area contributed by atoms with Gasteiger partial charge in [0, 0.05) is 16.4 Å². The van der Waals surface area contributed by atoms with Crippen LogP contribution >= 0.6 is 0 Å². The standard InChI is InChI=1S/C15H18N2/c1-11-6-12(14(2,3)9-16)8-13(7-11)15(4,5)10-17/h6-8H,1-5H3/i2D3,3D3,4D3,5D3. The third-order valence-electron chi connectivity index (χ3n) is 2.28. The van der Waals surface area contributed by atoms with E-state index < -0.39 is 49.4 Å². The van der Waals surface area contributed by atoms with Crippen molar-refractivity contribution in [3.8, 4) is 12.1 Å². The van der Waals surface area contributed by atoms with Crippen LogP contribution in [0.5, 0.6) is 0 Å². The maximum Gasteiger partial charge on any atom is 0.0766 e. The Bertz CT molecular complexity index is 762. The minimum atomic E-state index is -3.37. The number of hydrogen-bond acceptors (Lipinski definition) is 2. The van der Waals surface area contributed by atoms with Crippen LogP contribution in [0.4, 0.5) is 0 Å². The number of aryl methyl sites for hydroxylation is 1. The van der Waals surface area contributed by atoms with Gasteiger partial charge in [-0.1, -0.05) is 23.8 Å². The molecule has 0 aliphatic carbocycles. The van der Waals surface area contributed by atoms with Crippen molar-refractivity contribution in [3.05, 3.63) is 34.9 Å². The van der Waals surface area contributed by atoms with Crippen LogP contribution in [0.25, 0.3) is 0 Å². The van der Waals surface area contributed by atoms with Gasteiger partial charge in [0.05, 0.1) is 23.0 Å². The first kappa shape index (κ1) is 4.14. The topological polar surface area (TPSA) is 47.6 Å². The molecule has 0 saturated carbocycles. The van der Waals surface area contributed by atoms with Crippen LogP contribution in [-0.2, 0) is 10.8 Å². The number of nitrogens with zero attached hydrogens (tertiary/aromatic N) is 2. The molecule has 0 fully saturated rings. The van der Waals surface area contributed by atoms with E-state index in [1.807, 2.05) is 0 Å². The average Bonchev–Trinajstić information content (AvgIpc) is 2.42. The fourth-order valence-corrected chi connectivity index (χ4v) is 1.35. The molecule has 17 heavy (non-hydrogen) atoms. The Balaban J connectivity index is 4.17. The summed E-state index contributed by atoms with van der Waals surface area (Å²) in [4.78, 5) is 0. The number of nitriles is 2. The third-order valence-corrected chi connectivity index (χ3v) is 2.28. The number of benzene rings is 1. The minimum absolute atomic E-state index is 0.0961. The molecule has 0 aliphatic rings. The normalized spacial score (nSPS) is 25.1. The molecule has 1 aromatic rings. The molecule has 0 amide bonds. The Morgan fingerprint density at radius 1 is 0.941 bits per heavy atom. The summed E-state index contributed by atoms with van der Waals surface area (Å²) in [5.74, 6) is 0. The lowest BCUT2D eigenvalue weighted by Gasteiger charge is -2.22. The van der Waals surface area contributed by atoms with Crippen LogP contribution in [0.2, 0.25) is 0 Å². The van der Waals surface area contributed by atoms with Crippen LogP contribution in [0.1, 0.15) is 60.5 Å². The third kappa shape index (κ3) is 2.66. The average molecular weight is 238 g/mol. The van der Waals surface area contributed by atoms with Crippen LogP contribution in [0, 0.1) is 29.6 Å². The van der Waals surface area contributed by atoms with Crippen molar-refractivity contribution in [2.75, 3.05) is 0 Å². The maximum atomic E-state index is 9.61. The predicted molar refractivity (Wildman–Crippen MR) is 68.5 cm³/mol. The smallest absolute Gasteiger partial charge is 0.0766 e. The molecule has 0 N–H and O–H groups in total. The molecule has 0 aliphatic heterocycles. The van der Waals surface area contributed by atoms with Gasteiger partial charge in [0.15, 0.2) is 0 Å². The molecule has 0 radical (unpaired) electrons. The summed E-state index contributed by atoms with van der Waals surface area (Å²) in [6.07, 6.45) is 0. The molecule has 0 unspecified atom stereocenters. The van der Waals surface area contributed by atoms with Gasteiger partial charge >= 0.3 is 0 Å². The van der Waals surface area contributed by atoms with E-state index in [0.717, 1.165) is 18.2 Å². The van der Waals surface area contributed by atoms with Crippen molar-refractivity contribution in [3.63, 3.8) is 0 Å². The molecule has 0 saturated heterocycles. The highest BCUT2D eigenvalue weighted by Crippen LogP contribution is 2.29. The van der Waals surface area contributed by atoms with Gasteiger partial charge in [-0.15, -0.1) is 0 Å². The van der Waals surface area contributed by atoms with Gasteiger partial charge in [-0.3, -0.25) is 0 Å². The summed E-state index contributed by atoms with van der Waals surface area (Å²) in [5.41, 5.74) is -7.25. The highest BCUT2D eigenvalue weighted by atomic mass is 14.4. The molecule has 1 aromatic carbocycles. The summed E-state index contributed by atoms with van der Waals surface area (Å²) in [5, 5.41) is 19.2. The summed E-state index contributed by atoms with van der Waals surface area (Å²) in [6.45, 7) is -12.1. The van der Waals surface area contributed by atoms with Crippen molar-refractivity contribution in [2.45, 2.75) is 45.2 Å². The van der Waals surface area contributed by atoms with E-state index in [1.54, 1.807) is 0 Å². The van der Waals surface area contributed by atoms with Gasteiger partial charge in [-0.2, -0.15) is 10.5 Å². The summed E-state index contributed by atoms with van der Waals surface area (Å²) < 4.78 is 92.2. The molecule has 0 atom stereocenters. The fourth-order valence-electron chi connectivity index (χ4n) is 1.35. The Labute approximate surface area is 120 Å². The fraction of sp³-hybridized carbons (Fsp3) is 0.467. The van der Waals surface area contributed by atoms with Crippen LogP contribution in [0.3, 0.4) is 0 Å². The first-order valence-electron chi connectivity index (χ1n) is 10.7. The molecule has 2 nitrogen and oxygen atoms in total. The van der Waals surface area contributed by atoms with E-state index in [-0.39, 0.29) is 5.56 Å². The first-order valence-corrected chi connectivity index (χ1v) is 4.68. The summed E-state index contributed by atoms with van der Waals surface area (Å²) in [6, 6.07) is 5.49. The maximum absolute atomic E-state index is 9.61. The molecule has 0 bridgehead atoms. The zero-order valence-corrected chi connectivity index (χ0v) is 9.13. The Morgan fingerprint density at radius 3 is 1.65 bits per heavy atom. The zero-order valence-electron chi connectivity index (χ0n) is 21.1. The van der Waals surface area contributed by atoms with E-state index in [9.17, 15) is 10.5 Å². The van der Waals surface area contributed by atoms with Crippen molar-refractivity contribution in [1.82, 2.24) is 0 Å². The van der Waals surface area contributed by atoms with Gasteiger partial charge in [0.25, 0.3) is 0 Å². The van der Waals surface area contributed by atoms with Gasteiger partial charge in [-0.25, -0.2) is 0 Å². The van der Waals surface area contributed by atoms with Crippen molar-refractivity contribution >= 4 is 0 Å². The van der Waals surface area contributed by atoms with Crippen LogP contribution in [0.15, 0.2) is 18.2 Å². The van der Waals surface area contributed by atoms with E-state index in [0.29, 0.717) is 0 Å². The first-order chi connectivity index (χ1) is 12.7. The summed E-state index contributed by atoms with van der Waals surface area (Å²) >= 11 is 0. The van der Waals surface area contributed by atoms with E-state index in [2.05, 4.69) is 0 Å². The van der Waals surface area contributed by atoms with Crippen molar-refractivity contribution in [2.24, 2.45) is 0 Å². The molecule has 0 aromatic heterocycles. The monoisotopic (exact) mass is 238 g/mol. The highest BCUT2D eigenvalue weighted by Gasteiger charge is 2.25. The lowest BCUT2D eigenvalue weighted by molar-refractivity contribution is 0.660. The van der Waals surface area contributed by atoms with Gasteiger partial charge < -0.3 is 0 Å². The van der Waals surface area contributed by atoms with Gasteiger partial charge in [0.1, 0.15) is 0 Å². The molecular weight excluding hydrogens is 208 g/mol. The lowest BCUT2D eigenvalue weighted by Crippen LogP contribution is -2.19. The quantitative estimate of drug-likeness (QED) is 0.790. The molecule has 0 spiro atoms. The second kappa shape index (κ2) is 4.22. The van der Waals surface area contributed by atoms with Crippen molar-refractivity contribution < 1.29 is 16.4 Å². The second-order valence-corrected chi connectivity index (χ2v) is 3.81. The molecule has 1 rings (SSSR count). The van der Waals surface area contributed by atoms with E-state index in [1.165, 1.54) is 19.1 Å². The van der Waals surface area contributed by atoms with Crippen LogP contribution < -0.4 is 0 Å². The second-order valence-electron chi connectivity index (χ2n) is 3.81. The Kier molecular flexibility index (Phi) is 1.03. The number of rotatable bonds is 2. The Morgan fingerprint density at radius 2 is 1.35 bits per heavy atom. The highest BCUT2D eigenvalue weighted by molar-refractivity contribution is 5.42. The molecular formula is C15H18N2. The molecule has 2 heteroatoms. The van der Waals surface area contributed by atoms with Gasteiger partial charge in [-0.05, 0) is 45.5 Å². The van der Waals surface area contributed by atoms with Crippen molar-refractivity contribution in [1.29, 1.82) is 10.5 Å². The SMILES string of the molecule is [2H]C([2H])([2H])C(C#N)(c1cc(C)cc(C(C#N)(C([2H])([2H])[2H])C([2H])([2H])[2H])c1)C([2H])([2H])[2H]. The zero-order chi connectivity index (χ0) is 23.3. The van der Waals surface area contributed by atoms with Gasteiger partial charge in [0.2, 0.25) is 0 Å². The Hall–Kier alpha value is -1.80. The number of hydrogen-bond donors (Lipinski definition) is 0. The van der Waals surface area contributed by atoms with E-state index in [4.69, 9.17) is 16.4 Å². The van der Waals surface area contributed by atoms with Crippen LogP contribution in [-0.4, -0.2) is 0 Å². The predicted octanol–water partition coefficient (Wildman–Crippen LogP) is 3.60. The summed E-state index contributed by atoms with van der Waals surface area (Å²) in [7, 11) is 0. The molecule has 88 valence electrons. The molecule has 0 heterocycles.